The van der Waals surface area contributed by atoms with Crippen molar-refractivity contribution < 1.29 is 18.0 Å². The van der Waals surface area contributed by atoms with Gasteiger partial charge in [-0.15, -0.1) is 0 Å². The van der Waals surface area contributed by atoms with E-state index >= 15 is 0 Å². The highest BCUT2D eigenvalue weighted by atomic mass is 19.4. The third-order valence-corrected chi connectivity index (χ3v) is 6.05. The third kappa shape index (κ3) is 5.90. The molecular formula is C26H28F3N5O. The summed E-state index contributed by atoms with van der Waals surface area (Å²) in [4.78, 5) is 25.9. The number of carbonyl (C=O) groups is 1. The Morgan fingerprint density at radius 2 is 1.71 bits per heavy atom. The van der Waals surface area contributed by atoms with Gasteiger partial charge in [0.2, 0.25) is 0 Å². The van der Waals surface area contributed by atoms with Crippen LogP contribution in [0.5, 0.6) is 0 Å². The van der Waals surface area contributed by atoms with Crippen LogP contribution in [0.3, 0.4) is 0 Å². The van der Waals surface area contributed by atoms with Crippen LogP contribution in [0, 0.1) is 6.92 Å². The number of anilines is 2. The number of amides is 2. The van der Waals surface area contributed by atoms with E-state index in [9.17, 15) is 18.0 Å². The summed E-state index contributed by atoms with van der Waals surface area (Å²) in [5.41, 5.74) is 2.61. The molecular weight excluding hydrogens is 455 g/mol. The van der Waals surface area contributed by atoms with E-state index in [-0.39, 0.29) is 5.69 Å². The number of halogens is 3. The topological polar surface area (TPSA) is 61.4 Å². The number of piperazine rings is 1. The molecule has 1 saturated heterocycles. The van der Waals surface area contributed by atoms with Crippen molar-refractivity contribution in [3.05, 3.63) is 82.8 Å². The Labute approximate surface area is 202 Å². The quantitative estimate of drug-likeness (QED) is 0.534. The monoisotopic (exact) mass is 483 g/mol. The van der Waals surface area contributed by atoms with Gasteiger partial charge in [-0.1, -0.05) is 43.3 Å². The largest absolute Gasteiger partial charge is 0.416 e. The molecule has 6 nitrogen and oxygen atoms in total. The number of benzene rings is 2. The molecule has 2 aromatic carbocycles. The summed E-state index contributed by atoms with van der Waals surface area (Å²) in [5.74, 6) is 1.59. The van der Waals surface area contributed by atoms with Crippen LogP contribution in [-0.2, 0) is 19.0 Å². The summed E-state index contributed by atoms with van der Waals surface area (Å²) in [6, 6.07) is 14.4. The first-order chi connectivity index (χ1) is 16.7. The lowest BCUT2D eigenvalue weighted by Crippen LogP contribution is -2.50. The summed E-state index contributed by atoms with van der Waals surface area (Å²) in [6.45, 7) is 5.96. The van der Waals surface area contributed by atoms with E-state index < -0.39 is 17.8 Å². The maximum atomic E-state index is 13.0. The van der Waals surface area contributed by atoms with Gasteiger partial charge in [0.1, 0.15) is 11.6 Å². The Bertz CT molecular complexity index is 1180. The minimum absolute atomic E-state index is 0.122. The molecule has 2 amide bonds. The van der Waals surface area contributed by atoms with Crippen molar-refractivity contribution in [2.75, 3.05) is 36.4 Å². The van der Waals surface area contributed by atoms with Gasteiger partial charge >= 0.3 is 12.2 Å². The Balaban J connectivity index is 1.47. The van der Waals surface area contributed by atoms with Crippen LogP contribution < -0.4 is 10.2 Å². The zero-order chi connectivity index (χ0) is 25.0. The summed E-state index contributed by atoms with van der Waals surface area (Å²) in [5, 5.41) is 2.59. The molecule has 0 radical (unpaired) electrons. The predicted molar refractivity (Wildman–Crippen MR) is 130 cm³/mol. The van der Waals surface area contributed by atoms with Gasteiger partial charge in [0.05, 0.1) is 5.56 Å². The molecule has 9 heteroatoms. The molecule has 0 aliphatic carbocycles. The van der Waals surface area contributed by atoms with Crippen LogP contribution in [0.4, 0.5) is 29.5 Å². The third-order valence-electron chi connectivity index (χ3n) is 6.05. The van der Waals surface area contributed by atoms with Crippen LogP contribution in [0.25, 0.3) is 0 Å². The normalized spacial score (nSPS) is 14.2. The highest BCUT2D eigenvalue weighted by molar-refractivity contribution is 5.89. The number of hydrogen-bond donors (Lipinski definition) is 1. The van der Waals surface area contributed by atoms with E-state index in [1.807, 2.05) is 25.1 Å². The Morgan fingerprint density at radius 1 is 1.00 bits per heavy atom. The van der Waals surface area contributed by atoms with Crippen LogP contribution in [0.15, 0.2) is 54.6 Å². The number of rotatable bonds is 5. The second-order valence-electron chi connectivity index (χ2n) is 8.52. The van der Waals surface area contributed by atoms with Gasteiger partial charge in [-0.2, -0.15) is 13.2 Å². The van der Waals surface area contributed by atoms with E-state index in [0.29, 0.717) is 32.0 Å². The highest BCUT2D eigenvalue weighted by Gasteiger charge is 2.31. The van der Waals surface area contributed by atoms with E-state index in [4.69, 9.17) is 4.98 Å². The summed E-state index contributed by atoms with van der Waals surface area (Å²) in [6.07, 6.45) is -2.95. The molecule has 35 heavy (non-hydrogen) atoms. The second kappa shape index (κ2) is 10.3. The second-order valence-corrected chi connectivity index (χ2v) is 8.52. The van der Waals surface area contributed by atoms with Crippen molar-refractivity contribution in [1.82, 2.24) is 14.9 Å². The molecule has 3 aromatic rings. The van der Waals surface area contributed by atoms with Gasteiger partial charge in [0, 0.05) is 49.5 Å². The first kappa shape index (κ1) is 24.5. The molecule has 1 N–H and O–H groups in total. The lowest BCUT2D eigenvalue weighted by Gasteiger charge is -2.36. The Hall–Kier alpha value is -3.62. The van der Waals surface area contributed by atoms with Gasteiger partial charge in [-0.05, 0) is 37.1 Å². The lowest BCUT2D eigenvalue weighted by molar-refractivity contribution is -0.137. The molecule has 1 aliphatic rings. The number of urea groups is 1. The average molecular weight is 484 g/mol. The molecule has 0 atom stereocenters. The van der Waals surface area contributed by atoms with Crippen LogP contribution in [0.1, 0.15) is 35.1 Å². The van der Waals surface area contributed by atoms with Gasteiger partial charge in [0.25, 0.3) is 0 Å². The number of alkyl halides is 3. The van der Waals surface area contributed by atoms with Crippen molar-refractivity contribution in [2.45, 2.75) is 32.9 Å². The van der Waals surface area contributed by atoms with E-state index in [1.54, 1.807) is 4.90 Å². The number of aromatic nitrogens is 2. The molecule has 2 heterocycles. The molecule has 1 aromatic heterocycles. The number of nitrogens with zero attached hydrogens (tertiary/aromatic N) is 4. The lowest BCUT2D eigenvalue weighted by atomic mass is 10.0. The minimum atomic E-state index is -4.46. The van der Waals surface area contributed by atoms with Crippen LogP contribution in [0.2, 0.25) is 0 Å². The molecule has 0 unspecified atom stereocenters. The summed E-state index contributed by atoms with van der Waals surface area (Å²) in [7, 11) is 0. The Kier molecular flexibility index (Phi) is 7.23. The number of hydrogen-bond acceptors (Lipinski definition) is 4. The van der Waals surface area contributed by atoms with Crippen molar-refractivity contribution in [3.8, 4) is 0 Å². The fourth-order valence-corrected chi connectivity index (χ4v) is 4.27. The molecule has 1 fully saturated rings. The first-order valence-electron chi connectivity index (χ1n) is 11.6. The zero-order valence-electron chi connectivity index (χ0n) is 19.8. The van der Waals surface area contributed by atoms with Crippen molar-refractivity contribution >= 4 is 17.5 Å². The van der Waals surface area contributed by atoms with Crippen LogP contribution >= 0.6 is 0 Å². The fraction of sp³-hybridized carbons (Fsp3) is 0.346. The van der Waals surface area contributed by atoms with Gasteiger partial charge in [0.15, 0.2) is 0 Å². The number of nitrogens with one attached hydrogen (secondary N) is 1. The average Bonchev–Trinajstić information content (AvgIpc) is 2.85. The van der Waals surface area contributed by atoms with E-state index in [2.05, 4.69) is 34.3 Å². The zero-order valence-corrected chi connectivity index (χ0v) is 19.8. The molecule has 0 spiro atoms. The number of aryl methyl sites for hydroxylation is 2. The molecule has 184 valence electrons. The van der Waals surface area contributed by atoms with Gasteiger partial charge in [-0.25, -0.2) is 14.8 Å². The number of carbonyl (C=O) groups excluding carboxylic acids is 1. The smallest absolute Gasteiger partial charge is 0.353 e. The van der Waals surface area contributed by atoms with Crippen molar-refractivity contribution in [3.63, 3.8) is 0 Å². The van der Waals surface area contributed by atoms with Crippen LogP contribution in [-0.4, -0.2) is 47.1 Å². The molecule has 1 aliphatic heterocycles. The van der Waals surface area contributed by atoms with Gasteiger partial charge < -0.3 is 15.1 Å². The van der Waals surface area contributed by atoms with Crippen molar-refractivity contribution in [2.24, 2.45) is 0 Å². The maximum Gasteiger partial charge on any atom is 0.416 e. The van der Waals surface area contributed by atoms with E-state index in [0.717, 1.165) is 42.0 Å². The Morgan fingerprint density at radius 3 is 2.37 bits per heavy atom. The summed E-state index contributed by atoms with van der Waals surface area (Å²) < 4.78 is 38.9. The summed E-state index contributed by atoms with van der Waals surface area (Å²) >= 11 is 0. The van der Waals surface area contributed by atoms with Gasteiger partial charge in [-0.3, -0.25) is 0 Å². The fourth-order valence-electron chi connectivity index (χ4n) is 4.27. The molecule has 0 bridgehead atoms. The van der Waals surface area contributed by atoms with E-state index in [1.165, 1.54) is 17.7 Å². The minimum Gasteiger partial charge on any atom is -0.353 e. The predicted octanol–water partition coefficient (Wildman–Crippen LogP) is 5.31. The highest BCUT2D eigenvalue weighted by Crippen LogP contribution is 2.31. The van der Waals surface area contributed by atoms with Crippen molar-refractivity contribution in [1.29, 1.82) is 0 Å². The maximum absolute atomic E-state index is 13.0. The first-order valence-corrected chi connectivity index (χ1v) is 11.6. The standard InChI is InChI=1S/C26H28F3N5O/c1-3-23-22(16-19-8-5-4-6-9-19)24(31-18(2)30-23)33-12-14-34(15-13-33)25(35)32-21-11-7-10-20(17-21)26(27,28)29/h4-11,17H,3,12-16H2,1-2H3,(H,32,35). The molecule has 4 rings (SSSR count). The molecule has 0 saturated carbocycles. The SMILES string of the molecule is CCc1nc(C)nc(N2CCN(C(=O)Nc3cccc(C(F)(F)F)c3)CC2)c1Cc1ccccc1.